The van der Waals surface area contributed by atoms with E-state index in [0.717, 1.165) is 12.3 Å². The van der Waals surface area contributed by atoms with Crippen LogP contribution in [0.3, 0.4) is 0 Å². The molecule has 2 heteroatoms. The molecule has 0 saturated heterocycles. The highest BCUT2D eigenvalue weighted by Gasteiger charge is 2.41. The summed E-state index contributed by atoms with van der Waals surface area (Å²) in [5, 5.41) is 0. The van der Waals surface area contributed by atoms with E-state index in [1.165, 1.54) is 36.0 Å². The number of hydrogen-bond acceptors (Lipinski definition) is 2. The molecule has 0 amide bonds. The molecule has 0 aromatic heterocycles. The lowest BCUT2D eigenvalue weighted by Gasteiger charge is -2.43. The molecule has 2 N–H and O–H groups in total. The smallest absolute Gasteiger partial charge is 0.126 e. The van der Waals surface area contributed by atoms with Crippen LogP contribution in [-0.2, 0) is 5.41 Å². The second-order valence-electron chi connectivity index (χ2n) is 5.87. The summed E-state index contributed by atoms with van der Waals surface area (Å²) < 4.78 is 5.75. The zero-order valence-corrected chi connectivity index (χ0v) is 12.0. The molecule has 1 aliphatic carbocycles. The van der Waals surface area contributed by atoms with Crippen molar-refractivity contribution >= 4 is 0 Å². The number of aryl methyl sites for hydroxylation is 1. The molecule has 0 spiro atoms. The Morgan fingerprint density at radius 1 is 1.33 bits per heavy atom. The van der Waals surface area contributed by atoms with E-state index in [-0.39, 0.29) is 5.41 Å². The first-order chi connectivity index (χ1) is 8.55. The van der Waals surface area contributed by atoms with Gasteiger partial charge < -0.3 is 10.5 Å². The van der Waals surface area contributed by atoms with E-state index < -0.39 is 0 Å². The van der Waals surface area contributed by atoms with Gasteiger partial charge in [-0.1, -0.05) is 32.4 Å². The monoisotopic (exact) mass is 247 g/mol. The first-order valence-corrected chi connectivity index (χ1v) is 6.94. The molecule has 0 aliphatic heterocycles. The fourth-order valence-electron chi connectivity index (χ4n) is 3.19. The summed E-state index contributed by atoms with van der Waals surface area (Å²) in [7, 11) is 1.78. The minimum atomic E-state index is 0.167. The van der Waals surface area contributed by atoms with Crippen LogP contribution in [0.5, 0.6) is 5.75 Å². The zero-order chi connectivity index (χ0) is 13.3. The Hall–Kier alpha value is -1.02. The third-order valence-electron chi connectivity index (χ3n) is 4.45. The fourth-order valence-corrected chi connectivity index (χ4v) is 3.19. The first kappa shape index (κ1) is 13.4. The van der Waals surface area contributed by atoms with Gasteiger partial charge in [-0.15, -0.1) is 0 Å². The van der Waals surface area contributed by atoms with Gasteiger partial charge in [-0.05, 0) is 36.8 Å². The van der Waals surface area contributed by atoms with Gasteiger partial charge in [-0.3, -0.25) is 0 Å². The Balaban J connectivity index is 2.60. The van der Waals surface area contributed by atoms with Crippen molar-refractivity contribution in [3.63, 3.8) is 0 Å². The standard InChI is InChI=1S/C16H25NO/c1-11(2)13-7-6-12(3)14(15(13)18-4)16(10-17)8-5-9-16/h6-7,11H,5,8-10,17H2,1-4H3. The van der Waals surface area contributed by atoms with Crippen molar-refractivity contribution < 1.29 is 4.74 Å². The van der Waals surface area contributed by atoms with Crippen molar-refractivity contribution in [3.8, 4) is 5.75 Å². The SMILES string of the molecule is COc1c(C(C)C)ccc(C)c1C1(CN)CCC1. The van der Waals surface area contributed by atoms with Gasteiger partial charge in [0.2, 0.25) is 0 Å². The second kappa shape index (κ2) is 4.93. The maximum absolute atomic E-state index is 6.06. The Morgan fingerprint density at radius 2 is 2.00 bits per heavy atom. The van der Waals surface area contributed by atoms with E-state index >= 15 is 0 Å². The normalized spacial score (nSPS) is 17.7. The van der Waals surface area contributed by atoms with Crippen LogP contribution in [0.15, 0.2) is 12.1 Å². The predicted octanol–water partition coefficient (Wildman–Crippen LogP) is 3.51. The lowest BCUT2D eigenvalue weighted by molar-refractivity contribution is 0.241. The summed E-state index contributed by atoms with van der Waals surface area (Å²) in [5.74, 6) is 1.56. The molecule has 1 saturated carbocycles. The van der Waals surface area contributed by atoms with E-state index in [1.54, 1.807) is 7.11 Å². The molecule has 1 aromatic rings. The Labute approximate surface area is 111 Å². The molecule has 0 radical (unpaired) electrons. The maximum atomic E-state index is 6.06. The van der Waals surface area contributed by atoms with Crippen LogP contribution in [0.1, 0.15) is 55.7 Å². The molecular weight excluding hydrogens is 222 g/mol. The molecule has 2 nitrogen and oxygen atoms in total. The van der Waals surface area contributed by atoms with Gasteiger partial charge in [-0.25, -0.2) is 0 Å². The van der Waals surface area contributed by atoms with E-state index in [4.69, 9.17) is 10.5 Å². The Kier molecular flexibility index (Phi) is 3.67. The molecule has 1 aromatic carbocycles. The van der Waals surface area contributed by atoms with Gasteiger partial charge >= 0.3 is 0 Å². The molecule has 0 bridgehead atoms. The molecule has 1 aliphatic rings. The third kappa shape index (κ3) is 1.93. The molecule has 1 fully saturated rings. The molecule has 0 heterocycles. The van der Waals surface area contributed by atoms with Crippen LogP contribution >= 0.6 is 0 Å². The summed E-state index contributed by atoms with van der Waals surface area (Å²) in [5.41, 5.74) is 10.2. The van der Waals surface area contributed by atoms with Crippen LogP contribution < -0.4 is 10.5 Å². The van der Waals surface area contributed by atoms with Crippen molar-refractivity contribution in [3.05, 3.63) is 28.8 Å². The number of ether oxygens (including phenoxy) is 1. The maximum Gasteiger partial charge on any atom is 0.126 e. The molecule has 100 valence electrons. The fraction of sp³-hybridized carbons (Fsp3) is 0.625. The van der Waals surface area contributed by atoms with Crippen LogP contribution in [0.2, 0.25) is 0 Å². The van der Waals surface area contributed by atoms with Crippen LogP contribution in [0.4, 0.5) is 0 Å². The van der Waals surface area contributed by atoms with Gasteiger partial charge in [0.15, 0.2) is 0 Å². The minimum absolute atomic E-state index is 0.167. The van der Waals surface area contributed by atoms with E-state index in [0.29, 0.717) is 5.92 Å². The van der Waals surface area contributed by atoms with Gasteiger partial charge in [0.05, 0.1) is 7.11 Å². The van der Waals surface area contributed by atoms with E-state index in [9.17, 15) is 0 Å². The summed E-state index contributed by atoms with van der Waals surface area (Å²) in [6, 6.07) is 4.42. The molecule has 0 unspecified atom stereocenters. The summed E-state index contributed by atoms with van der Waals surface area (Å²) in [4.78, 5) is 0. The second-order valence-corrected chi connectivity index (χ2v) is 5.87. The average molecular weight is 247 g/mol. The molecule has 0 atom stereocenters. The zero-order valence-electron chi connectivity index (χ0n) is 12.0. The van der Waals surface area contributed by atoms with Crippen LogP contribution in [0.25, 0.3) is 0 Å². The quantitative estimate of drug-likeness (QED) is 0.883. The topological polar surface area (TPSA) is 35.2 Å². The van der Waals surface area contributed by atoms with Crippen molar-refractivity contribution in [2.75, 3.05) is 13.7 Å². The van der Waals surface area contributed by atoms with Crippen LogP contribution in [0, 0.1) is 6.92 Å². The van der Waals surface area contributed by atoms with Crippen molar-refractivity contribution in [1.29, 1.82) is 0 Å². The van der Waals surface area contributed by atoms with Gasteiger partial charge in [0.1, 0.15) is 5.75 Å². The first-order valence-electron chi connectivity index (χ1n) is 6.94. The Morgan fingerprint density at radius 3 is 2.39 bits per heavy atom. The molecule has 18 heavy (non-hydrogen) atoms. The van der Waals surface area contributed by atoms with Crippen molar-refractivity contribution in [1.82, 2.24) is 0 Å². The van der Waals surface area contributed by atoms with Gasteiger partial charge in [0, 0.05) is 17.5 Å². The predicted molar refractivity (Wildman–Crippen MR) is 76.4 cm³/mol. The number of rotatable bonds is 4. The highest BCUT2D eigenvalue weighted by atomic mass is 16.5. The molecule has 2 rings (SSSR count). The Bertz CT molecular complexity index is 427. The third-order valence-corrected chi connectivity index (χ3v) is 4.45. The lowest BCUT2D eigenvalue weighted by Crippen LogP contribution is -2.42. The molecular formula is C16H25NO. The largest absolute Gasteiger partial charge is 0.496 e. The average Bonchev–Trinajstić information content (AvgIpc) is 2.29. The number of nitrogens with two attached hydrogens (primary N) is 1. The minimum Gasteiger partial charge on any atom is -0.496 e. The summed E-state index contributed by atoms with van der Waals surface area (Å²) >= 11 is 0. The summed E-state index contributed by atoms with van der Waals surface area (Å²) in [6.45, 7) is 7.34. The van der Waals surface area contributed by atoms with E-state index in [1.807, 2.05) is 0 Å². The van der Waals surface area contributed by atoms with Gasteiger partial charge in [0.25, 0.3) is 0 Å². The van der Waals surface area contributed by atoms with Crippen molar-refractivity contribution in [2.24, 2.45) is 5.73 Å². The summed E-state index contributed by atoms with van der Waals surface area (Å²) in [6.07, 6.45) is 3.68. The lowest BCUT2D eigenvalue weighted by atomic mass is 9.62. The van der Waals surface area contributed by atoms with Crippen molar-refractivity contribution in [2.45, 2.75) is 51.4 Å². The highest BCUT2D eigenvalue weighted by molar-refractivity contribution is 5.52. The number of hydrogen-bond donors (Lipinski definition) is 1. The van der Waals surface area contributed by atoms with Gasteiger partial charge in [-0.2, -0.15) is 0 Å². The highest BCUT2D eigenvalue weighted by Crippen LogP contribution is 2.49. The van der Waals surface area contributed by atoms with E-state index in [2.05, 4.69) is 32.9 Å². The van der Waals surface area contributed by atoms with Crippen LogP contribution in [-0.4, -0.2) is 13.7 Å². The number of methoxy groups -OCH3 is 1. The number of benzene rings is 1.